The van der Waals surface area contributed by atoms with Crippen LogP contribution in [0.5, 0.6) is 0 Å². The van der Waals surface area contributed by atoms with Crippen LogP contribution >= 0.6 is 35.5 Å². The molecule has 4 nitrogen and oxygen atoms in total. The summed E-state index contributed by atoms with van der Waals surface area (Å²) in [6, 6.07) is 7.74. The molecule has 0 radical (unpaired) electrons. The average molecular weight is 372 g/mol. The van der Waals surface area contributed by atoms with Crippen LogP contribution in [0.25, 0.3) is 0 Å². The van der Waals surface area contributed by atoms with Crippen molar-refractivity contribution in [2.24, 2.45) is 5.73 Å². The number of anilines is 1. The third-order valence-electron chi connectivity index (χ3n) is 3.20. The van der Waals surface area contributed by atoms with Gasteiger partial charge in [-0.05, 0) is 44.5 Å². The van der Waals surface area contributed by atoms with E-state index in [9.17, 15) is 4.79 Å². The largest absolute Gasteiger partial charge is 0.325 e. The highest BCUT2D eigenvalue weighted by molar-refractivity contribution is 8.01. The number of nitrogens with two attached hydrogens (primary N) is 1. The molecule has 3 N–H and O–H groups in total. The summed E-state index contributed by atoms with van der Waals surface area (Å²) in [5.74, 6) is -0.148. The third-order valence-corrected chi connectivity index (χ3v) is 5.27. The molecule has 7 heteroatoms. The molecule has 1 heterocycles. The zero-order valence-electron chi connectivity index (χ0n) is 13.5. The van der Waals surface area contributed by atoms with Gasteiger partial charge in [-0.1, -0.05) is 25.1 Å². The van der Waals surface area contributed by atoms with Crippen molar-refractivity contribution in [3.63, 3.8) is 0 Å². The lowest BCUT2D eigenvalue weighted by atomic mass is 9.96. The van der Waals surface area contributed by atoms with E-state index in [0.29, 0.717) is 6.42 Å². The van der Waals surface area contributed by atoms with Gasteiger partial charge in [0.2, 0.25) is 5.91 Å². The minimum Gasteiger partial charge on any atom is -0.325 e. The molecule has 0 spiro atoms. The van der Waals surface area contributed by atoms with E-state index in [1.165, 1.54) is 0 Å². The van der Waals surface area contributed by atoms with Crippen LogP contribution in [-0.4, -0.2) is 16.4 Å². The number of rotatable bonds is 6. The van der Waals surface area contributed by atoms with Gasteiger partial charge in [0.25, 0.3) is 0 Å². The van der Waals surface area contributed by atoms with Crippen molar-refractivity contribution in [2.45, 2.75) is 48.4 Å². The van der Waals surface area contributed by atoms with Crippen LogP contribution in [0.4, 0.5) is 5.69 Å². The first-order valence-electron chi connectivity index (χ1n) is 7.21. The highest BCUT2D eigenvalue weighted by Gasteiger charge is 2.27. The molecular formula is C16H22ClN3OS2. The van der Waals surface area contributed by atoms with Gasteiger partial charge in [-0.25, -0.2) is 4.98 Å². The van der Waals surface area contributed by atoms with Crippen LogP contribution in [0, 0.1) is 6.92 Å². The topological polar surface area (TPSA) is 68.0 Å². The van der Waals surface area contributed by atoms with Crippen LogP contribution in [0.2, 0.25) is 0 Å². The van der Waals surface area contributed by atoms with Gasteiger partial charge >= 0.3 is 0 Å². The molecule has 0 aliphatic rings. The van der Waals surface area contributed by atoms with Crippen molar-refractivity contribution in [2.75, 3.05) is 5.32 Å². The Kier molecular flexibility index (Phi) is 7.54. The van der Waals surface area contributed by atoms with Crippen LogP contribution in [0.3, 0.4) is 0 Å². The molecule has 2 rings (SSSR count). The fraction of sp³-hybridized carbons (Fsp3) is 0.375. The van der Waals surface area contributed by atoms with Crippen molar-refractivity contribution in [1.29, 1.82) is 0 Å². The number of hydrogen-bond acceptors (Lipinski definition) is 5. The van der Waals surface area contributed by atoms with E-state index in [1.54, 1.807) is 30.0 Å². The van der Waals surface area contributed by atoms with E-state index in [1.807, 2.05) is 43.5 Å². The molecule has 0 aliphatic heterocycles. The SMILES string of the molecule is CCCC(C)(N)C(=O)Nc1ccc(Sc2nc(C)cs2)cc1.Cl. The van der Waals surface area contributed by atoms with Crippen molar-refractivity contribution < 1.29 is 4.79 Å². The molecule has 0 aliphatic carbocycles. The number of amides is 1. The smallest absolute Gasteiger partial charge is 0.244 e. The Balaban J connectivity index is 0.00000264. The number of halogens is 1. The fourth-order valence-electron chi connectivity index (χ4n) is 1.99. The van der Waals surface area contributed by atoms with E-state index in [2.05, 4.69) is 10.3 Å². The molecule has 23 heavy (non-hydrogen) atoms. The highest BCUT2D eigenvalue weighted by Crippen LogP contribution is 2.30. The predicted octanol–water partition coefficient (Wildman–Crippen LogP) is 4.48. The lowest BCUT2D eigenvalue weighted by Gasteiger charge is -2.22. The summed E-state index contributed by atoms with van der Waals surface area (Å²) < 4.78 is 1.02. The van der Waals surface area contributed by atoms with E-state index in [4.69, 9.17) is 5.73 Å². The summed E-state index contributed by atoms with van der Waals surface area (Å²) in [7, 11) is 0. The summed E-state index contributed by atoms with van der Waals surface area (Å²) in [5, 5.41) is 4.91. The minimum absolute atomic E-state index is 0. The highest BCUT2D eigenvalue weighted by atomic mass is 35.5. The Morgan fingerprint density at radius 3 is 2.57 bits per heavy atom. The molecule has 0 saturated carbocycles. The number of thiazole rings is 1. The first-order valence-corrected chi connectivity index (χ1v) is 8.90. The Hall–Kier alpha value is -1.08. The monoisotopic (exact) mass is 371 g/mol. The van der Waals surface area contributed by atoms with E-state index in [-0.39, 0.29) is 18.3 Å². The first-order chi connectivity index (χ1) is 10.4. The summed E-state index contributed by atoms with van der Waals surface area (Å²) in [5.41, 5.74) is 7.00. The number of nitrogens with one attached hydrogen (secondary N) is 1. The molecule has 1 atom stereocenters. The van der Waals surface area contributed by atoms with Gasteiger partial charge in [-0.2, -0.15) is 0 Å². The number of aromatic nitrogens is 1. The second kappa shape index (κ2) is 8.68. The third kappa shape index (κ3) is 5.80. The number of carbonyl (C=O) groups excluding carboxylic acids is 1. The lowest BCUT2D eigenvalue weighted by molar-refractivity contribution is -0.120. The van der Waals surface area contributed by atoms with Gasteiger partial charge in [0.05, 0.1) is 5.54 Å². The molecule has 2 aromatic rings. The summed E-state index contributed by atoms with van der Waals surface area (Å²) in [6.45, 7) is 5.77. The summed E-state index contributed by atoms with van der Waals surface area (Å²) in [6.07, 6.45) is 1.54. The maximum atomic E-state index is 12.2. The van der Waals surface area contributed by atoms with Gasteiger partial charge in [0, 0.05) is 21.7 Å². The number of carbonyl (C=O) groups is 1. The molecule has 0 bridgehead atoms. The molecule has 1 aromatic heterocycles. The predicted molar refractivity (Wildman–Crippen MR) is 101 cm³/mol. The number of nitrogens with zero attached hydrogens (tertiary/aromatic N) is 1. The van der Waals surface area contributed by atoms with E-state index in [0.717, 1.165) is 27.0 Å². The Morgan fingerprint density at radius 1 is 1.39 bits per heavy atom. The van der Waals surface area contributed by atoms with Gasteiger partial charge in [-0.15, -0.1) is 23.7 Å². The maximum absolute atomic E-state index is 12.2. The number of benzene rings is 1. The van der Waals surface area contributed by atoms with E-state index >= 15 is 0 Å². The van der Waals surface area contributed by atoms with Crippen molar-refractivity contribution in [1.82, 2.24) is 4.98 Å². The number of hydrogen-bond donors (Lipinski definition) is 2. The van der Waals surface area contributed by atoms with Crippen LogP contribution in [-0.2, 0) is 4.79 Å². The van der Waals surface area contributed by atoms with E-state index < -0.39 is 5.54 Å². The summed E-state index contributed by atoms with van der Waals surface area (Å²) >= 11 is 3.25. The normalized spacial score (nSPS) is 13.0. The van der Waals surface area contributed by atoms with Crippen molar-refractivity contribution >= 4 is 47.1 Å². The average Bonchev–Trinajstić information content (AvgIpc) is 2.86. The minimum atomic E-state index is -0.833. The molecular weight excluding hydrogens is 350 g/mol. The molecule has 1 aromatic carbocycles. The standard InChI is InChI=1S/C16H21N3OS2.ClH/c1-4-9-16(3,17)14(20)19-12-5-7-13(8-6-12)22-15-18-11(2)10-21-15;/h5-8,10H,4,9,17H2,1-3H3,(H,19,20);1H. The lowest BCUT2D eigenvalue weighted by Crippen LogP contribution is -2.48. The molecule has 0 saturated heterocycles. The zero-order valence-corrected chi connectivity index (χ0v) is 15.9. The Labute approximate surface area is 151 Å². The Morgan fingerprint density at radius 2 is 2.04 bits per heavy atom. The van der Waals surface area contributed by atoms with Crippen LogP contribution in [0.15, 0.2) is 38.9 Å². The van der Waals surface area contributed by atoms with Gasteiger partial charge < -0.3 is 11.1 Å². The molecule has 1 unspecified atom stereocenters. The second-order valence-corrected chi connectivity index (χ2v) is 7.68. The number of aryl methyl sites for hydroxylation is 1. The maximum Gasteiger partial charge on any atom is 0.244 e. The second-order valence-electron chi connectivity index (χ2n) is 5.50. The van der Waals surface area contributed by atoms with Gasteiger partial charge in [-0.3, -0.25) is 4.79 Å². The summed E-state index contributed by atoms with van der Waals surface area (Å²) in [4.78, 5) is 17.7. The van der Waals surface area contributed by atoms with Crippen molar-refractivity contribution in [3.05, 3.63) is 35.3 Å². The molecule has 126 valence electrons. The fourth-order valence-corrected chi connectivity index (χ4v) is 3.80. The van der Waals surface area contributed by atoms with Crippen LogP contribution in [0.1, 0.15) is 32.4 Å². The Bertz CT molecular complexity index is 641. The van der Waals surface area contributed by atoms with Crippen LogP contribution < -0.4 is 11.1 Å². The quantitative estimate of drug-likeness (QED) is 0.785. The zero-order chi connectivity index (χ0) is 16.2. The first kappa shape index (κ1) is 20.0. The van der Waals surface area contributed by atoms with Gasteiger partial charge in [0.15, 0.2) is 4.34 Å². The van der Waals surface area contributed by atoms with Gasteiger partial charge in [0.1, 0.15) is 0 Å². The molecule has 0 fully saturated rings. The molecule has 1 amide bonds. The van der Waals surface area contributed by atoms with Crippen molar-refractivity contribution in [3.8, 4) is 0 Å².